The van der Waals surface area contributed by atoms with Crippen molar-refractivity contribution in [1.29, 1.82) is 0 Å². The first-order valence-corrected chi connectivity index (χ1v) is 12.0. The highest BCUT2D eigenvalue weighted by Crippen LogP contribution is 2.29. The van der Waals surface area contributed by atoms with Crippen LogP contribution >= 0.6 is 24.8 Å². The maximum absolute atomic E-state index is 13.2. The van der Waals surface area contributed by atoms with Gasteiger partial charge in [0.25, 0.3) is 5.91 Å². The van der Waals surface area contributed by atoms with Crippen LogP contribution in [0.4, 0.5) is 5.69 Å². The maximum atomic E-state index is 13.2. The summed E-state index contributed by atoms with van der Waals surface area (Å²) in [5, 5.41) is 5.29. The van der Waals surface area contributed by atoms with Crippen LogP contribution in [-0.4, -0.2) is 49.0 Å². The molecule has 1 aromatic carbocycles. The summed E-state index contributed by atoms with van der Waals surface area (Å²) in [6, 6.07) is 14.2. The van der Waals surface area contributed by atoms with Crippen LogP contribution in [-0.2, 0) is 6.54 Å². The number of pyridine rings is 1. The molecule has 0 aliphatic carbocycles. The van der Waals surface area contributed by atoms with Gasteiger partial charge in [-0.05, 0) is 55.7 Å². The molecule has 0 bridgehead atoms. The minimum Gasteiger partial charge on any atom is -0.485 e. The minimum absolute atomic E-state index is 0. The number of rotatable bonds is 9. The second-order valence-electron chi connectivity index (χ2n) is 7.86. The number of nitrogens with zero attached hydrogens (tertiary/aromatic N) is 3. The number of amides is 1. The second kappa shape index (κ2) is 12.1. The highest BCUT2D eigenvalue weighted by Gasteiger charge is 2.26. The van der Waals surface area contributed by atoms with E-state index in [1.165, 1.54) is 4.88 Å². The fourth-order valence-electron chi connectivity index (χ4n) is 4.01. The van der Waals surface area contributed by atoms with E-state index >= 15 is 0 Å². The summed E-state index contributed by atoms with van der Waals surface area (Å²) in [5.41, 5.74) is 2.74. The summed E-state index contributed by atoms with van der Waals surface area (Å²) in [7, 11) is 1.96. The molecule has 1 aliphatic heterocycles. The van der Waals surface area contributed by atoms with Crippen molar-refractivity contribution in [3.05, 3.63) is 76.2 Å². The summed E-state index contributed by atoms with van der Waals surface area (Å²) in [6.45, 7) is 5.94. The van der Waals surface area contributed by atoms with E-state index in [9.17, 15) is 4.79 Å². The standard InChI is InChI=1S/C25H30N4O2S.H2S/c1-3-28-14-15-29(25(30)21-17-27-13-10-22(21)28)18-19-6-8-20(9-7-19)31-23(11-12-26-2)24-5-4-16-32-24;/h4-10,13,16-17,23,26H,3,11-12,14-15,18H2,1-2H3;1H2/t23-;/m0./s1. The van der Waals surface area contributed by atoms with Crippen LogP contribution in [0.25, 0.3) is 0 Å². The van der Waals surface area contributed by atoms with Crippen LogP contribution in [0.5, 0.6) is 5.75 Å². The molecule has 176 valence electrons. The quantitative estimate of drug-likeness (QED) is 0.486. The highest BCUT2D eigenvalue weighted by atomic mass is 32.1. The van der Waals surface area contributed by atoms with Crippen molar-refractivity contribution in [2.75, 3.05) is 38.1 Å². The smallest absolute Gasteiger partial charge is 0.257 e. The van der Waals surface area contributed by atoms with Gasteiger partial charge < -0.3 is 19.9 Å². The van der Waals surface area contributed by atoms with Crippen molar-refractivity contribution >= 4 is 36.4 Å². The Morgan fingerprint density at radius 1 is 1.15 bits per heavy atom. The van der Waals surface area contributed by atoms with Crippen molar-refractivity contribution in [3.63, 3.8) is 0 Å². The Kier molecular flexibility index (Phi) is 9.17. The molecule has 0 spiro atoms. The number of benzene rings is 1. The number of likely N-dealkylation sites (N-methyl/N-ethyl adjacent to an activating group) is 1. The molecule has 1 aliphatic rings. The fourth-order valence-corrected chi connectivity index (χ4v) is 4.80. The summed E-state index contributed by atoms with van der Waals surface area (Å²) >= 11 is 1.72. The lowest BCUT2D eigenvalue weighted by atomic mass is 10.1. The van der Waals surface area contributed by atoms with Gasteiger partial charge in [0.15, 0.2) is 0 Å². The predicted molar refractivity (Wildman–Crippen MR) is 140 cm³/mol. The molecule has 2 aromatic heterocycles. The van der Waals surface area contributed by atoms with E-state index in [1.807, 2.05) is 30.1 Å². The lowest BCUT2D eigenvalue weighted by Gasteiger charge is -2.23. The molecular formula is C25H32N4O2S2. The van der Waals surface area contributed by atoms with E-state index in [4.69, 9.17) is 4.74 Å². The van der Waals surface area contributed by atoms with E-state index in [-0.39, 0.29) is 25.5 Å². The Morgan fingerprint density at radius 2 is 1.94 bits per heavy atom. The molecular weight excluding hydrogens is 452 g/mol. The van der Waals surface area contributed by atoms with E-state index in [2.05, 4.69) is 51.8 Å². The third-order valence-electron chi connectivity index (χ3n) is 5.77. The first-order valence-electron chi connectivity index (χ1n) is 11.1. The summed E-state index contributed by atoms with van der Waals surface area (Å²) < 4.78 is 6.30. The molecule has 3 heterocycles. The molecule has 0 unspecified atom stereocenters. The first kappa shape index (κ1) is 25.1. The Morgan fingerprint density at radius 3 is 2.64 bits per heavy atom. The molecule has 1 amide bonds. The molecule has 1 N–H and O–H groups in total. The van der Waals surface area contributed by atoms with E-state index in [1.54, 1.807) is 23.7 Å². The van der Waals surface area contributed by atoms with Crippen LogP contribution in [0.3, 0.4) is 0 Å². The topological polar surface area (TPSA) is 57.7 Å². The SMILES string of the molecule is CCN1CCN(Cc2ccc(O[C@@H](CCNC)c3cccs3)cc2)C(=O)c2cnccc21.S. The molecule has 1 atom stereocenters. The summed E-state index contributed by atoms with van der Waals surface area (Å²) in [4.78, 5) is 22.7. The van der Waals surface area contributed by atoms with Gasteiger partial charge >= 0.3 is 0 Å². The zero-order valence-corrected chi connectivity index (χ0v) is 21.0. The highest BCUT2D eigenvalue weighted by molar-refractivity contribution is 7.59. The maximum Gasteiger partial charge on any atom is 0.257 e. The van der Waals surface area contributed by atoms with Gasteiger partial charge in [-0.3, -0.25) is 9.78 Å². The zero-order chi connectivity index (χ0) is 22.3. The summed E-state index contributed by atoms with van der Waals surface area (Å²) in [5.74, 6) is 0.881. The first-order chi connectivity index (χ1) is 15.7. The molecule has 8 heteroatoms. The molecule has 6 nitrogen and oxygen atoms in total. The molecule has 3 aromatic rings. The van der Waals surface area contributed by atoms with Crippen LogP contribution < -0.4 is 15.0 Å². The lowest BCUT2D eigenvalue weighted by molar-refractivity contribution is 0.0754. The Bertz CT molecular complexity index is 1010. The van der Waals surface area contributed by atoms with Crippen molar-refractivity contribution in [2.24, 2.45) is 0 Å². The molecule has 33 heavy (non-hydrogen) atoms. The predicted octanol–water partition coefficient (Wildman–Crippen LogP) is 4.47. The molecule has 0 saturated carbocycles. The number of hydrogen-bond donors (Lipinski definition) is 1. The normalized spacial score (nSPS) is 14.3. The number of fused-ring (bicyclic) bond motifs is 1. The van der Waals surface area contributed by atoms with Crippen LogP contribution in [0.15, 0.2) is 60.2 Å². The van der Waals surface area contributed by atoms with Gasteiger partial charge in [0.05, 0.1) is 11.3 Å². The van der Waals surface area contributed by atoms with E-state index in [0.717, 1.165) is 43.1 Å². The van der Waals surface area contributed by atoms with E-state index < -0.39 is 0 Å². The number of ether oxygens (including phenoxy) is 1. The minimum atomic E-state index is 0. The third-order valence-corrected chi connectivity index (χ3v) is 6.73. The van der Waals surface area contributed by atoms with Crippen LogP contribution in [0, 0.1) is 0 Å². The third kappa shape index (κ3) is 6.07. The average molecular weight is 485 g/mol. The Balaban J connectivity index is 0.00000306. The van der Waals surface area contributed by atoms with Gasteiger partial charge in [0.2, 0.25) is 0 Å². The fraction of sp³-hybridized carbons (Fsp3) is 0.360. The van der Waals surface area contributed by atoms with Crippen molar-refractivity contribution in [1.82, 2.24) is 15.2 Å². The number of carbonyl (C=O) groups is 1. The van der Waals surface area contributed by atoms with Gasteiger partial charge in [-0.1, -0.05) is 18.2 Å². The number of anilines is 1. The number of hydrogen-bond acceptors (Lipinski definition) is 6. The van der Waals surface area contributed by atoms with Crippen LogP contribution in [0.2, 0.25) is 0 Å². The number of nitrogens with one attached hydrogen (secondary N) is 1. The molecule has 0 radical (unpaired) electrons. The lowest BCUT2D eigenvalue weighted by Crippen LogP contribution is -2.34. The van der Waals surface area contributed by atoms with Crippen LogP contribution in [0.1, 0.15) is 40.2 Å². The van der Waals surface area contributed by atoms with Crippen molar-refractivity contribution in [3.8, 4) is 5.75 Å². The Hall–Kier alpha value is -2.55. The van der Waals surface area contributed by atoms with Gasteiger partial charge in [0, 0.05) is 49.9 Å². The second-order valence-corrected chi connectivity index (χ2v) is 8.84. The number of aromatic nitrogens is 1. The molecule has 0 saturated heterocycles. The number of carbonyl (C=O) groups excluding carboxylic acids is 1. The van der Waals surface area contributed by atoms with Gasteiger partial charge in [-0.15, -0.1) is 11.3 Å². The Labute approximate surface area is 207 Å². The monoisotopic (exact) mass is 484 g/mol. The average Bonchev–Trinajstić information content (AvgIpc) is 3.33. The molecule has 0 fully saturated rings. The van der Waals surface area contributed by atoms with Gasteiger partial charge in [-0.2, -0.15) is 13.5 Å². The van der Waals surface area contributed by atoms with Gasteiger partial charge in [0.1, 0.15) is 11.9 Å². The zero-order valence-electron chi connectivity index (χ0n) is 19.2. The van der Waals surface area contributed by atoms with Gasteiger partial charge in [-0.25, -0.2) is 0 Å². The molecule has 4 rings (SSSR count). The van der Waals surface area contributed by atoms with E-state index in [0.29, 0.717) is 18.7 Å². The largest absolute Gasteiger partial charge is 0.485 e. The summed E-state index contributed by atoms with van der Waals surface area (Å²) in [6.07, 6.45) is 4.38. The van der Waals surface area contributed by atoms with Crippen molar-refractivity contribution in [2.45, 2.75) is 26.0 Å². The number of thiophene rings is 1. The van der Waals surface area contributed by atoms with Crippen molar-refractivity contribution < 1.29 is 9.53 Å².